The van der Waals surface area contributed by atoms with Gasteiger partial charge in [-0.2, -0.15) is 4.98 Å². The molecule has 3 rings (SSSR count). The van der Waals surface area contributed by atoms with Crippen molar-refractivity contribution in [3.05, 3.63) is 12.4 Å². The maximum Gasteiger partial charge on any atom is 0.315 e. The summed E-state index contributed by atoms with van der Waals surface area (Å²) in [5.41, 5.74) is 0. The van der Waals surface area contributed by atoms with Gasteiger partial charge in [-0.1, -0.05) is 12.8 Å². The molecular formula is C17H26N4O3. The Bertz CT molecular complexity index is 540. The molecule has 1 heterocycles. The first-order valence-electron chi connectivity index (χ1n) is 8.82. The van der Waals surface area contributed by atoms with Crippen molar-refractivity contribution in [1.82, 2.24) is 20.6 Å². The van der Waals surface area contributed by atoms with E-state index < -0.39 is 0 Å². The fourth-order valence-electron chi connectivity index (χ4n) is 3.46. The number of nitrogens with one attached hydrogen (secondary N) is 2. The molecule has 7 heteroatoms. The summed E-state index contributed by atoms with van der Waals surface area (Å²) in [5.74, 6) is 0.941. The molecule has 2 fully saturated rings. The molecule has 24 heavy (non-hydrogen) atoms. The van der Waals surface area contributed by atoms with Crippen LogP contribution in [0.1, 0.15) is 51.4 Å². The summed E-state index contributed by atoms with van der Waals surface area (Å²) < 4.78 is 10.9. The van der Waals surface area contributed by atoms with Crippen LogP contribution in [0.4, 0.5) is 4.79 Å². The number of hydrogen-bond acceptors (Lipinski definition) is 5. The molecule has 2 aliphatic rings. The molecule has 0 aromatic carbocycles. The van der Waals surface area contributed by atoms with Crippen molar-refractivity contribution >= 4 is 6.03 Å². The average molecular weight is 334 g/mol. The second-order valence-electron chi connectivity index (χ2n) is 6.59. The summed E-state index contributed by atoms with van der Waals surface area (Å²) in [6.07, 6.45) is 11.5. The van der Waals surface area contributed by atoms with Crippen LogP contribution in [-0.4, -0.2) is 41.3 Å². The van der Waals surface area contributed by atoms with Gasteiger partial charge in [0.05, 0.1) is 19.5 Å². The number of carbonyl (C=O) groups is 1. The molecule has 0 bridgehead atoms. The average Bonchev–Trinajstić information content (AvgIpc) is 3.09. The Morgan fingerprint density at radius 3 is 2.29 bits per heavy atom. The van der Waals surface area contributed by atoms with Crippen LogP contribution in [0.25, 0.3) is 0 Å². The lowest BCUT2D eigenvalue weighted by atomic mass is 9.93. The molecular weight excluding hydrogens is 308 g/mol. The zero-order valence-corrected chi connectivity index (χ0v) is 14.2. The van der Waals surface area contributed by atoms with E-state index in [2.05, 4.69) is 20.6 Å². The van der Waals surface area contributed by atoms with Crippen LogP contribution in [0.15, 0.2) is 12.4 Å². The first-order chi connectivity index (χ1) is 11.7. The number of ether oxygens (including phenoxy) is 2. The molecule has 2 amide bonds. The van der Waals surface area contributed by atoms with E-state index >= 15 is 0 Å². The number of rotatable bonds is 5. The molecule has 0 aliphatic heterocycles. The lowest BCUT2D eigenvalue weighted by Gasteiger charge is -2.29. The van der Waals surface area contributed by atoms with Gasteiger partial charge < -0.3 is 20.1 Å². The van der Waals surface area contributed by atoms with E-state index in [1.54, 1.807) is 19.5 Å². The molecule has 2 saturated carbocycles. The second-order valence-corrected chi connectivity index (χ2v) is 6.59. The van der Waals surface area contributed by atoms with E-state index in [1.807, 2.05) is 0 Å². The number of urea groups is 1. The highest BCUT2D eigenvalue weighted by molar-refractivity contribution is 5.74. The molecule has 7 nitrogen and oxygen atoms in total. The van der Waals surface area contributed by atoms with E-state index in [-0.39, 0.29) is 18.2 Å². The van der Waals surface area contributed by atoms with Gasteiger partial charge in [-0.3, -0.25) is 4.98 Å². The quantitative estimate of drug-likeness (QED) is 0.864. The molecule has 0 saturated heterocycles. The smallest absolute Gasteiger partial charge is 0.315 e. The van der Waals surface area contributed by atoms with E-state index in [1.165, 1.54) is 12.8 Å². The maximum atomic E-state index is 12.0. The molecule has 0 unspecified atom stereocenters. The SMILES string of the molecule is COc1cncc(OC2CCC(NC(=O)NC3CCCC3)CC2)n1. The van der Waals surface area contributed by atoms with Crippen LogP contribution < -0.4 is 20.1 Å². The molecule has 1 aromatic rings. The Labute approximate surface area is 142 Å². The number of carbonyl (C=O) groups excluding carboxylic acids is 1. The number of aromatic nitrogens is 2. The van der Waals surface area contributed by atoms with Gasteiger partial charge in [-0.15, -0.1) is 0 Å². The summed E-state index contributed by atoms with van der Waals surface area (Å²) in [5, 5.41) is 6.17. The molecule has 2 N–H and O–H groups in total. The lowest BCUT2D eigenvalue weighted by Crippen LogP contribution is -2.47. The second kappa shape index (κ2) is 8.17. The van der Waals surface area contributed by atoms with E-state index in [0.29, 0.717) is 17.8 Å². The van der Waals surface area contributed by atoms with Gasteiger partial charge in [0, 0.05) is 12.1 Å². The Morgan fingerprint density at radius 2 is 1.62 bits per heavy atom. The van der Waals surface area contributed by atoms with Crippen molar-refractivity contribution in [3.8, 4) is 11.8 Å². The third-order valence-corrected chi connectivity index (χ3v) is 4.79. The standard InChI is InChI=1S/C17H26N4O3/c1-23-15-10-18-11-16(21-15)24-14-8-6-13(7-9-14)20-17(22)19-12-4-2-3-5-12/h10-14H,2-9H2,1H3,(H2,19,20,22). The van der Waals surface area contributed by atoms with Gasteiger partial charge in [0.25, 0.3) is 0 Å². The molecule has 0 radical (unpaired) electrons. The predicted molar refractivity (Wildman–Crippen MR) is 89.2 cm³/mol. The first kappa shape index (κ1) is 16.8. The molecule has 2 aliphatic carbocycles. The number of amides is 2. The van der Waals surface area contributed by atoms with Gasteiger partial charge in [0.2, 0.25) is 11.8 Å². The normalized spacial score (nSPS) is 24.4. The fourth-order valence-corrected chi connectivity index (χ4v) is 3.46. The third kappa shape index (κ3) is 4.72. The van der Waals surface area contributed by atoms with Crippen molar-refractivity contribution in [2.45, 2.75) is 69.6 Å². The highest BCUT2D eigenvalue weighted by Crippen LogP contribution is 2.23. The first-order valence-corrected chi connectivity index (χ1v) is 8.82. The Kier molecular flexibility index (Phi) is 5.72. The molecule has 0 spiro atoms. The van der Waals surface area contributed by atoms with Crippen LogP contribution in [0.3, 0.4) is 0 Å². The lowest BCUT2D eigenvalue weighted by molar-refractivity contribution is 0.133. The third-order valence-electron chi connectivity index (χ3n) is 4.79. The van der Waals surface area contributed by atoms with Gasteiger partial charge in [-0.25, -0.2) is 4.79 Å². The largest absolute Gasteiger partial charge is 0.480 e. The van der Waals surface area contributed by atoms with Crippen LogP contribution in [0.2, 0.25) is 0 Å². The van der Waals surface area contributed by atoms with Crippen LogP contribution >= 0.6 is 0 Å². The van der Waals surface area contributed by atoms with Gasteiger partial charge >= 0.3 is 6.03 Å². The van der Waals surface area contributed by atoms with Gasteiger partial charge in [-0.05, 0) is 38.5 Å². The zero-order chi connectivity index (χ0) is 16.8. The number of hydrogen-bond donors (Lipinski definition) is 2. The Morgan fingerprint density at radius 1 is 1.00 bits per heavy atom. The minimum absolute atomic E-state index is 0.0232. The molecule has 132 valence electrons. The molecule has 1 aromatic heterocycles. The van der Waals surface area contributed by atoms with Crippen molar-refractivity contribution in [3.63, 3.8) is 0 Å². The topological polar surface area (TPSA) is 85.4 Å². The van der Waals surface area contributed by atoms with E-state index in [0.717, 1.165) is 38.5 Å². The van der Waals surface area contributed by atoms with Crippen molar-refractivity contribution < 1.29 is 14.3 Å². The van der Waals surface area contributed by atoms with Crippen LogP contribution in [0.5, 0.6) is 11.8 Å². The van der Waals surface area contributed by atoms with E-state index in [4.69, 9.17) is 9.47 Å². The Hall–Kier alpha value is -2.05. The monoisotopic (exact) mass is 334 g/mol. The summed E-state index contributed by atoms with van der Waals surface area (Å²) in [6.45, 7) is 0. The Balaban J connectivity index is 1.39. The molecule has 0 atom stereocenters. The zero-order valence-electron chi connectivity index (χ0n) is 14.2. The predicted octanol–water partition coefficient (Wildman–Crippen LogP) is 2.42. The maximum absolute atomic E-state index is 12.0. The van der Waals surface area contributed by atoms with Crippen LogP contribution in [0, 0.1) is 0 Å². The minimum atomic E-state index is -0.0232. The summed E-state index contributed by atoms with van der Waals surface area (Å²) in [4.78, 5) is 20.3. The summed E-state index contributed by atoms with van der Waals surface area (Å²) in [7, 11) is 1.56. The highest BCUT2D eigenvalue weighted by atomic mass is 16.5. The van der Waals surface area contributed by atoms with Crippen molar-refractivity contribution in [2.75, 3.05) is 7.11 Å². The van der Waals surface area contributed by atoms with Crippen molar-refractivity contribution in [1.29, 1.82) is 0 Å². The summed E-state index contributed by atoms with van der Waals surface area (Å²) >= 11 is 0. The number of methoxy groups -OCH3 is 1. The van der Waals surface area contributed by atoms with Gasteiger partial charge in [0.15, 0.2) is 0 Å². The number of nitrogens with zero attached hydrogens (tertiary/aromatic N) is 2. The van der Waals surface area contributed by atoms with Crippen LogP contribution in [-0.2, 0) is 0 Å². The fraction of sp³-hybridized carbons (Fsp3) is 0.706. The highest BCUT2D eigenvalue weighted by Gasteiger charge is 2.25. The minimum Gasteiger partial charge on any atom is -0.480 e. The van der Waals surface area contributed by atoms with Gasteiger partial charge in [0.1, 0.15) is 6.10 Å². The van der Waals surface area contributed by atoms with E-state index in [9.17, 15) is 4.79 Å². The summed E-state index contributed by atoms with van der Waals surface area (Å²) in [6, 6.07) is 0.559. The van der Waals surface area contributed by atoms with Crippen molar-refractivity contribution in [2.24, 2.45) is 0 Å².